The zero-order valence-electron chi connectivity index (χ0n) is 17.1. The van der Waals surface area contributed by atoms with Gasteiger partial charge in [-0.3, -0.25) is 9.48 Å². The Morgan fingerprint density at radius 3 is 2.68 bits per heavy atom. The lowest BCUT2D eigenvalue weighted by molar-refractivity contribution is 0.102. The van der Waals surface area contributed by atoms with Gasteiger partial charge in [-0.2, -0.15) is 5.10 Å². The summed E-state index contributed by atoms with van der Waals surface area (Å²) in [6.45, 7) is 4.59. The first-order chi connectivity index (χ1) is 14.9. The Kier molecular flexibility index (Phi) is 4.58. The number of carbonyl (C=O) groups is 1. The fraction of sp³-hybridized carbons (Fsp3) is 0.286. The highest BCUT2D eigenvalue weighted by Gasteiger charge is 2.24. The van der Waals surface area contributed by atoms with Crippen molar-refractivity contribution in [2.24, 2.45) is 7.05 Å². The Morgan fingerprint density at radius 2 is 1.90 bits per heavy atom. The Labute approximate surface area is 176 Å². The first-order valence-corrected chi connectivity index (χ1v) is 9.98. The third kappa shape index (κ3) is 3.38. The van der Waals surface area contributed by atoms with Crippen LogP contribution in [-0.2, 0) is 7.05 Å². The lowest BCUT2D eigenvalue weighted by Crippen LogP contribution is -2.44. The third-order valence-electron chi connectivity index (χ3n) is 5.40. The number of piperazine rings is 1. The predicted molar refractivity (Wildman–Crippen MR) is 114 cm³/mol. The number of benzene rings is 1. The fourth-order valence-electron chi connectivity index (χ4n) is 4.08. The van der Waals surface area contributed by atoms with E-state index in [0.717, 1.165) is 13.1 Å². The molecule has 0 aliphatic carbocycles. The van der Waals surface area contributed by atoms with E-state index in [2.05, 4.69) is 20.7 Å². The molecule has 4 aromatic rings. The number of carbonyl (C=O) groups excluding carboxylic acids is 1. The minimum Gasteiger partial charge on any atom is -0.366 e. The molecule has 1 aromatic carbocycles. The molecule has 0 bridgehead atoms. The smallest absolute Gasteiger partial charge is 0.258 e. The second kappa shape index (κ2) is 7.31. The average molecular weight is 425 g/mol. The van der Waals surface area contributed by atoms with Crippen LogP contribution in [0.3, 0.4) is 0 Å². The van der Waals surface area contributed by atoms with Gasteiger partial charge in [0.1, 0.15) is 11.3 Å². The number of nitrogens with zero attached hydrogens (tertiary/aromatic N) is 5. The second-order valence-corrected chi connectivity index (χ2v) is 7.70. The zero-order valence-corrected chi connectivity index (χ0v) is 17.1. The van der Waals surface area contributed by atoms with E-state index < -0.39 is 17.5 Å². The zero-order chi connectivity index (χ0) is 21.7. The van der Waals surface area contributed by atoms with Crippen molar-refractivity contribution in [3.8, 4) is 0 Å². The first-order valence-electron chi connectivity index (χ1n) is 9.98. The van der Waals surface area contributed by atoms with E-state index in [4.69, 9.17) is 0 Å². The topological polar surface area (TPSA) is 79.5 Å². The van der Waals surface area contributed by atoms with E-state index in [1.54, 1.807) is 37.2 Å². The maximum Gasteiger partial charge on any atom is 0.258 e. The van der Waals surface area contributed by atoms with Crippen LogP contribution in [0.1, 0.15) is 16.1 Å². The SMILES string of the molecule is Cc1cn2cc(NC(=O)c3cc(F)c(N4CCNCC4)c4cn(C)nc34)cc(F)c2n1. The summed E-state index contributed by atoms with van der Waals surface area (Å²) >= 11 is 0. The molecule has 2 N–H and O–H groups in total. The lowest BCUT2D eigenvalue weighted by atomic mass is 10.1. The maximum atomic E-state index is 15.2. The van der Waals surface area contributed by atoms with Gasteiger partial charge in [0, 0.05) is 63.3 Å². The van der Waals surface area contributed by atoms with Gasteiger partial charge in [-0.15, -0.1) is 0 Å². The number of fused-ring (bicyclic) bond motifs is 2. The molecule has 1 saturated heterocycles. The number of hydrogen-bond donors (Lipinski definition) is 2. The van der Waals surface area contributed by atoms with Crippen molar-refractivity contribution >= 4 is 33.8 Å². The van der Waals surface area contributed by atoms with Gasteiger partial charge in [0.15, 0.2) is 11.5 Å². The minimum atomic E-state index is -0.565. The number of hydrogen-bond acceptors (Lipinski definition) is 5. The summed E-state index contributed by atoms with van der Waals surface area (Å²) in [5, 5.41) is 10.9. The summed E-state index contributed by atoms with van der Waals surface area (Å²) in [4.78, 5) is 19.1. The monoisotopic (exact) mass is 425 g/mol. The number of amides is 1. The van der Waals surface area contributed by atoms with Crippen molar-refractivity contribution < 1.29 is 13.6 Å². The molecule has 0 radical (unpaired) electrons. The molecule has 0 unspecified atom stereocenters. The normalized spacial score (nSPS) is 14.5. The Hall–Kier alpha value is -3.53. The molecule has 4 heterocycles. The van der Waals surface area contributed by atoms with Crippen LogP contribution >= 0.6 is 0 Å². The summed E-state index contributed by atoms with van der Waals surface area (Å²) in [6.07, 6.45) is 4.94. The molecule has 31 heavy (non-hydrogen) atoms. The first kappa shape index (κ1) is 19.4. The van der Waals surface area contributed by atoms with E-state index in [0.29, 0.717) is 35.4 Å². The van der Waals surface area contributed by atoms with E-state index in [-0.39, 0.29) is 16.9 Å². The number of aromatic nitrogens is 4. The molecule has 0 spiro atoms. The number of aryl methyl sites for hydroxylation is 2. The third-order valence-corrected chi connectivity index (χ3v) is 5.40. The van der Waals surface area contributed by atoms with Gasteiger partial charge in [0.05, 0.1) is 22.6 Å². The van der Waals surface area contributed by atoms with Gasteiger partial charge >= 0.3 is 0 Å². The summed E-state index contributed by atoms with van der Waals surface area (Å²) in [6, 6.07) is 2.40. The van der Waals surface area contributed by atoms with Crippen LogP contribution in [0.15, 0.2) is 30.7 Å². The van der Waals surface area contributed by atoms with Crippen LogP contribution in [-0.4, -0.2) is 51.3 Å². The Bertz CT molecular complexity index is 1320. The van der Waals surface area contributed by atoms with Crippen LogP contribution in [0.25, 0.3) is 16.6 Å². The Morgan fingerprint density at radius 1 is 1.13 bits per heavy atom. The van der Waals surface area contributed by atoms with E-state index >= 15 is 4.39 Å². The van der Waals surface area contributed by atoms with Crippen LogP contribution in [0, 0.1) is 18.6 Å². The standard InChI is InChI=1S/C21H21F2N7O/c1-12-9-30-10-13(7-17(23)20(30)25-12)26-21(31)14-8-16(22)19(29-5-3-24-4-6-29)15-11-28(2)27-18(14)15/h7-11,24H,3-6H2,1-2H3,(H,26,31). The highest BCUT2D eigenvalue weighted by atomic mass is 19.1. The molecule has 10 heteroatoms. The quantitative estimate of drug-likeness (QED) is 0.527. The van der Waals surface area contributed by atoms with Crippen LogP contribution in [0.2, 0.25) is 0 Å². The lowest BCUT2D eigenvalue weighted by Gasteiger charge is -2.30. The summed E-state index contributed by atoms with van der Waals surface area (Å²) in [7, 11) is 1.73. The van der Waals surface area contributed by atoms with Crippen molar-refractivity contribution in [3.63, 3.8) is 0 Å². The van der Waals surface area contributed by atoms with E-state index in [1.165, 1.54) is 16.5 Å². The number of nitrogens with one attached hydrogen (secondary N) is 2. The molecule has 1 aliphatic heterocycles. The number of imidazole rings is 1. The number of anilines is 2. The summed E-state index contributed by atoms with van der Waals surface area (Å²) < 4.78 is 32.6. The highest BCUT2D eigenvalue weighted by Crippen LogP contribution is 2.33. The number of pyridine rings is 1. The molecule has 160 valence electrons. The molecule has 3 aromatic heterocycles. The fourth-order valence-corrected chi connectivity index (χ4v) is 4.08. The Balaban J connectivity index is 1.55. The molecule has 1 amide bonds. The average Bonchev–Trinajstić information content (AvgIpc) is 3.29. The maximum absolute atomic E-state index is 15.2. The molecule has 8 nitrogen and oxygen atoms in total. The summed E-state index contributed by atoms with van der Waals surface area (Å²) in [5.41, 5.74) is 2.01. The number of rotatable bonds is 3. The summed E-state index contributed by atoms with van der Waals surface area (Å²) in [5.74, 6) is -1.61. The van der Waals surface area contributed by atoms with Crippen molar-refractivity contribution in [1.82, 2.24) is 24.5 Å². The molecular weight excluding hydrogens is 404 g/mol. The molecule has 1 fully saturated rings. The number of halogens is 2. The molecule has 0 saturated carbocycles. The predicted octanol–water partition coefficient (Wildman–Crippen LogP) is 2.47. The van der Waals surface area contributed by atoms with Crippen LogP contribution in [0.4, 0.5) is 20.2 Å². The van der Waals surface area contributed by atoms with Crippen molar-refractivity contribution in [1.29, 1.82) is 0 Å². The molecule has 1 aliphatic rings. The van der Waals surface area contributed by atoms with Crippen molar-refractivity contribution in [2.45, 2.75) is 6.92 Å². The largest absolute Gasteiger partial charge is 0.366 e. The molecule has 0 atom stereocenters. The van der Waals surface area contributed by atoms with Crippen molar-refractivity contribution in [3.05, 3.63) is 53.6 Å². The van der Waals surface area contributed by atoms with E-state index in [1.807, 2.05) is 4.90 Å². The highest BCUT2D eigenvalue weighted by molar-refractivity contribution is 6.14. The minimum absolute atomic E-state index is 0.0919. The van der Waals surface area contributed by atoms with Gasteiger partial charge in [-0.05, 0) is 13.0 Å². The van der Waals surface area contributed by atoms with Gasteiger partial charge in [-0.1, -0.05) is 0 Å². The van der Waals surface area contributed by atoms with E-state index in [9.17, 15) is 9.18 Å². The van der Waals surface area contributed by atoms with Crippen LogP contribution < -0.4 is 15.5 Å². The molecule has 5 rings (SSSR count). The van der Waals surface area contributed by atoms with Gasteiger partial charge in [0.25, 0.3) is 5.91 Å². The van der Waals surface area contributed by atoms with Crippen LogP contribution in [0.5, 0.6) is 0 Å². The van der Waals surface area contributed by atoms with Crippen molar-refractivity contribution in [2.75, 3.05) is 36.4 Å². The van der Waals surface area contributed by atoms with Gasteiger partial charge in [0.2, 0.25) is 0 Å². The van der Waals surface area contributed by atoms with Gasteiger partial charge in [-0.25, -0.2) is 13.8 Å². The second-order valence-electron chi connectivity index (χ2n) is 7.70. The molecular formula is C21H21F2N7O. The van der Waals surface area contributed by atoms with Gasteiger partial charge < -0.3 is 19.9 Å².